The van der Waals surface area contributed by atoms with Gasteiger partial charge in [0.25, 0.3) is 0 Å². The third-order valence-electron chi connectivity index (χ3n) is 10.3. The molecule has 2 aromatic carbocycles. The number of nitrogens with one attached hydrogen (secondary N) is 3. The van der Waals surface area contributed by atoms with Crippen molar-refractivity contribution in [2.45, 2.75) is 90.9 Å². The third-order valence-corrected chi connectivity index (χ3v) is 10.3. The van der Waals surface area contributed by atoms with Gasteiger partial charge in [-0.2, -0.15) is 5.10 Å². The Labute approximate surface area is 296 Å². The Morgan fingerprint density at radius 1 is 0.880 bits per heavy atom. The number of aromatic nitrogens is 3. The largest absolute Gasteiger partial charge is 0.381 e. The van der Waals surface area contributed by atoms with Gasteiger partial charge in [-0.1, -0.05) is 49.4 Å². The van der Waals surface area contributed by atoms with Gasteiger partial charge in [0, 0.05) is 63.0 Å². The monoisotopic (exact) mass is 679 g/mol. The smallest absolute Gasteiger partial charge is 0.220 e. The SMILES string of the molecule is CCc1nc2c(cnn2CC)c(NC2CCOCC2)c1CNC(=O)CCC(=O)NCc1cccc(-c2cccc(CC3CCN(C)CC3)c2)c1. The highest BCUT2D eigenvalue weighted by atomic mass is 16.5. The van der Waals surface area contributed by atoms with Crippen LogP contribution in [0, 0.1) is 5.92 Å². The molecule has 3 N–H and O–H groups in total. The number of nitrogens with zero attached hydrogens (tertiary/aromatic N) is 4. The van der Waals surface area contributed by atoms with Crippen molar-refractivity contribution in [1.82, 2.24) is 30.3 Å². The molecule has 4 aromatic rings. The lowest BCUT2D eigenvalue weighted by Crippen LogP contribution is -2.30. The summed E-state index contributed by atoms with van der Waals surface area (Å²) in [7, 11) is 2.21. The zero-order chi connectivity index (χ0) is 34.9. The molecular formula is C40H53N7O3. The Morgan fingerprint density at radius 2 is 1.54 bits per heavy atom. The summed E-state index contributed by atoms with van der Waals surface area (Å²) in [6, 6.07) is 17.5. The first-order valence-electron chi connectivity index (χ1n) is 18.5. The van der Waals surface area contributed by atoms with Gasteiger partial charge >= 0.3 is 0 Å². The second-order valence-electron chi connectivity index (χ2n) is 13.9. The molecule has 50 heavy (non-hydrogen) atoms. The number of hydrogen-bond acceptors (Lipinski definition) is 7. The molecule has 0 bridgehead atoms. The Morgan fingerprint density at radius 3 is 2.22 bits per heavy atom. The van der Waals surface area contributed by atoms with Crippen molar-refractivity contribution in [1.29, 1.82) is 0 Å². The topological polar surface area (TPSA) is 113 Å². The fraction of sp³-hybridized carbons (Fsp3) is 0.500. The van der Waals surface area contributed by atoms with Gasteiger partial charge in [0.1, 0.15) is 0 Å². The van der Waals surface area contributed by atoms with Crippen LogP contribution in [0.25, 0.3) is 22.2 Å². The molecule has 2 fully saturated rings. The lowest BCUT2D eigenvalue weighted by atomic mass is 9.89. The van der Waals surface area contributed by atoms with E-state index >= 15 is 0 Å². The molecule has 6 rings (SSSR count). The number of carbonyl (C=O) groups excluding carboxylic acids is 2. The second-order valence-corrected chi connectivity index (χ2v) is 13.9. The van der Waals surface area contributed by atoms with Gasteiger partial charge in [0.2, 0.25) is 11.8 Å². The molecular weight excluding hydrogens is 626 g/mol. The highest BCUT2D eigenvalue weighted by Gasteiger charge is 2.22. The van der Waals surface area contributed by atoms with Gasteiger partial charge in [-0.3, -0.25) is 9.59 Å². The fourth-order valence-corrected chi connectivity index (χ4v) is 7.23. The van der Waals surface area contributed by atoms with E-state index in [-0.39, 0.29) is 30.7 Å². The van der Waals surface area contributed by atoms with Crippen molar-refractivity contribution in [2.24, 2.45) is 5.92 Å². The summed E-state index contributed by atoms with van der Waals surface area (Å²) in [6.45, 7) is 9.44. The molecule has 2 aromatic heterocycles. The Balaban J connectivity index is 1.02. The van der Waals surface area contributed by atoms with Crippen LogP contribution in [-0.2, 0) is 46.8 Å². The lowest BCUT2D eigenvalue weighted by Gasteiger charge is -2.29. The van der Waals surface area contributed by atoms with E-state index in [2.05, 4.69) is 83.2 Å². The molecule has 4 heterocycles. The minimum atomic E-state index is -0.161. The number of amides is 2. The number of ether oxygens (including phenoxy) is 1. The summed E-state index contributed by atoms with van der Waals surface area (Å²) >= 11 is 0. The first-order chi connectivity index (χ1) is 24.4. The predicted molar refractivity (Wildman–Crippen MR) is 199 cm³/mol. The Hall–Kier alpha value is -4.28. The summed E-state index contributed by atoms with van der Waals surface area (Å²) in [4.78, 5) is 33.2. The molecule has 2 saturated heterocycles. The molecule has 0 unspecified atom stereocenters. The summed E-state index contributed by atoms with van der Waals surface area (Å²) in [5, 5.41) is 15.4. The van der Waals surface area contributed by atoms with Crippen molar-refractivity contribution >= 4 is 28.5 Å². The van der Waals surface area contributed by atoms with E-state index in [4.69, 9.17) is 9.72 Å². The van der Waals surface area contributed by atoms with Crippen LogP contribution >= 0.6 is 0 Å². The number of anilines is 1. The first-order valence-corrected chi connectivity index (χ1v) is 18.5. The summed E-state index contributed by atoms with van der Waals surface area (Å²) < 4.78 is 7.49. The number of aryl methyl sites for hydroxylation is 2. The average molecular weight is 680 g/mol. The maximum absolute atomic E-state index is 13.0. The van der Waals surface area contributed by atoms with Gasteiger partial charge in [0.05, 0.1) is 17.3 Å². The van der Waals surface area contributed by atoms with Crippen LogP contribution in [0.1, 0.15) is 74.8 Å². The van der Waals surface area contributed by atoms with E-state index in [0.717, 1.165) is 90.5 Å². The van der Waals surface area contributed by atoms with Crippen LogP contribution in [0.5, 0.6) is 0 Å². The molecule has 0 radical (unpaired) electrons. The molecule has 0 aliphatic carbocycles. The van der Waals surface area contributed by atoms with Gasteiger partial charge in [-0.05, 0) is 99.8 Å². The Kier molecular flexibility index (Phi) is 12.1. The second kappa shape index (κ2) is 17.1. The van der Waals surface area contributed by atoms with Crippen molar-refractivity contribution < 1.29 is 14.3 Å². The third kappa shape index (κ3) is 9.08. The van der Waals surface area contributed by atoms with Gasteiger partial charge < -0.3 is 25.6 Å². The molecule has 0 saturated carbocycles. The average Bonchev–Trinajstić information content (AvgIpc) is 3.57. The van der Waals surface area contributed by atoms with E-state index in [9.17, 15) is 9.59 Å². The molecule has 0 atom stereocenters. The predicted octanol–water partition coefficient (Wildman–Crippen LogP) is 5.87. The Bertz CT molecular complexity index is 1760. The number of benzene rings is 2. The van der Waals surface area contributed by atoms with Crippen LogP contribution in [0.15, 0.2) is 54.7 Å². The molecule has 266 valence electrons. The quantitative estimate of drug-likeness (QED) is 0.153. The van der Waals surface area contributed by atoms with Gasteiger partial charge in [-0.15, -0.1) is 0 Å². The molecule has 0 spiro atoms. The maximum Gasteiger partial charge on any atom is 0.220 e. The zero-order valence-corrected chi connectivity index (χ0v) is 30.0. The molecule has 2 aliphatic heterocycles. The summed E-state index contributed by atoms with van der Waals surface area (Å²) in [5.41, 5.74) is 8.52. The number of fused-ring (bicyclic) bond motifs is 1. The lowest BCUT2D eigenvalue weighted by molar-refractivity contribution is -0.126. The number of carbonyl (C=O) groups is 2. The van der Waals surface area contributed by atoms with Crippen LogP contribution in [-0.4, -0.2) is 70.9 Å². The standard InChI is InChI=1S/C40H53N7O3/c1-4-36-34(39(44-33-16-20-50-21-17-33)35-27-43-47(5-2)40(35)45-36)26-42-38(49)13-12-37(48)41-25-30-9-7-11-32(24-30)31-10-6-8-29(23-31)22-28-14-18-46(3)19-15-28/h6-11,23-24,27-28,33H,4-5,12-22,25-26H2,1-3H3,(H,41,48)(H,42,49)(H,44,45). The fourth-order valence-electron chi connectivity index (χ4n) is 7.23. The summed E-state index contributed by atoms with van der Waals surface area (Å²) in [6.07, 6.45) is 8.31. The minimum absolute atomic E-state index is 0.115. The first kappa shape index (κ1) is 35.5. The normalized spacial score (nSPS) is 16.1. The highest BCUT2D eigenvalue weighted by molar-refractivity contribution is 5.92. The number of piperidine rings is 1. The van der Waals surface area contributed by atoms with Crippen LogP contribution < -0.4 is 16.0 Å². The van der Waals surface area contributed by atoms with Crippen molar-refractivity contribution in [3.8, 4) is 11.1 Å². The van der Waals surface area contributed by atoms with E-state index in [1.165, 1.54) is 37.1 Å². The van der Waals surface area contributed by atoms with Crippen molar-refractivity contribution in [3.05, 3.63) is 77.1 Å². The number of hydrogen-bond donors (Lipinski definition) is 3. The van der Waals surface area contributed by atoms with E-state index in [1.54, 1.807) is 0 Å². The molecule has 2 amide bonds. The van der Waals surface area contributed by atoms with Crippen molar-refractivity contribution in [2.75, 3.05) is 38.7 Å². The number of pyridine rings is 1. The van der Waals surface area contributed by atoms with E-state index in [1.807, 2.05) is 23.0 Å². The van der Waals surface area contributed by atoms with Gasteiger partial charge in [-0.25, -0.2) is 9.67 Å². The van der Waals surface area contributed by atoms with Crippen molar-refractivity contribution in [3.63, 3.8) is 0 Å². The highest BCUT2D eigenvalue weighted by Crippen LogP contribution is 2.31. The van der Waals surface area contributed by atoms with Crippen LogP contribution in [0.2, 0.25) is 0 Å². The van der Waals surface area contributed by atoms with Crippen LogP contribution in [0.3, 0.4) is 0 Å². The van der Waals surface area contributed by atoms with E-state index in [0.29, 0.717) is 13.1 Å². The molecule has 2 aliphatic rings. The maximum atomic E-state index is 13.0. The summed E-state index contributed by atoms with van der Waals surface area (Å²) in [5.74, 6) is 0.441. The zero-order valence-electron chi connectivity index (χ0n) is 30.0. The molecule has 10 nitrogen and oxygen atoms in total. The van der Waals surface area contributed by atoms with Crippen LogP contribution in [0.4, 0.5) is 5.69 Å². The number of rotatable bonds is 14. The minimum Gasteiger partial charge on any atom is -0.381 e. The van der Waals surface area contributed by atoms with Gasteiger partial charge in [0.15, 0.2) is 5.65 Å². The number of likely N-dealkylation sites (tertiary alicyclic amines) is 1. The van der Waals surface area contributed by atoms with E-state index < -0.39 is 0 Å². The molecule has 10 heteroatoms.